The molecule has 0 bridgehead atoms. The van der Waals surface area contributed by atoms with E-state index in [9.17, 15) is 4.79 Å². The zero-order valence-electron chi connectivity index (χ0n) is 8.88. The Morgan fingerprint density at radius 2 is 2.25 bits per heavy atom. The molecule has 3 heteroatoms. The lowest BCUT2D eigenvalue weighted by Gasteiger charge is -2.10. The third-order valence-corrected chi connectivity index (χ3v) is 4.24. The summed E-state index contributed by atoms with van der Waals surface area (Å²) in [5.74, 6) is -0.419. The summed E-state index contributed by atoms with van der Waals surface area (Å²) in [6, 6.07) is 6.31. The number of aliphatic carboxylic acids is 1. The minimum atomic E-state index is -0.665. The van der Waals surface area contributed by atoms with E-state index in [4.69, 9.17) is 5.11 Å². The van der Waals surface area contributed by atoms with Crippen molar-refractivity contribution in [3.8, 4) is 0 Å². The summed E-state index contributed by atoms with van der Waals surface area (Å²) in [7, 11) is 0. The molecule has 2 nitrogen and oxygen atoms in total. The summed E-state index contributed by atoms with van der Waals surface area (Å²) < 4.78 is 0. The molecule has 3 rings (SSSR count). The standard InChI is InChI=1S/C13H12O2S/c1-16-8-3-5-9-7(6-8)2-4-10-11(9)12(10)13(14)15/h2-6,10-12H,1H3,(H,14,15)/t10-,11+,12+/m0/s1. The van der Waals surface area contributed by atoms with Gasteiger partial charge >= 0.3 is 5.97 Å². The molecule has 0 heterocycles. The molecule has 2 aliphatic carbocycles. The van der Waals surface area contributed by atoms with Crippen LogP contribution in [0.2, 0.25) is 0 Å². The molecule has 0 spiro atoms. The van der Waals surface area contributed by atoms with E-state index in [1.807, 2.05) is 6.26 Å². The lowest BCUT2D eigenvalue weighted by atomic mass is 9.97. The number of fused-ring (bicyclic) bond motifs is 3. The number of hydrogen-bond acceptors (Lipinski definition) is 2. The van der Waals surface area contributed by atoms with Gasteiger partial charge in [-0.2, -0.15) is 0 Å². The van der Waals surface area contributed by atoms with Crippen LogP contribution in [0, 0.1) is 11.8 Å². The summed E-state index contributed by atoms with van der Waals surface area (Å²) in [6.07, 6.45) is 6.17. The number of thioether (sulfide) groups is 1. The van der Waals surface area contributed by atoms with Crippen LogP contribution in [0.3, 0.4) is 0 Å². The fourth-order valence-corrected chi connectivity index (χ4v) is 3.08. The first kappa shape index (κ1) is 9.97. The zero-order chi connectivity index (χ0) is 11.3. The van der Waals surface area contributed by atoms with Crippen molar-refractivity contribution in [1.82, 2.24) is 0 Å². The summed E-state index contributed by atoms with van der Waals surface area (Å²) >= 11 is 1.71. The van der Waals surface area contributed by atoms with E-state index >= 15 is 0 Å². The average Bonchev–Trinajstić information content (AvgIpc) is 3.02. The van der Waals surface area contributed by atoms with Gasteiger partial charge in [0.2, 0.25) is 0 Å². The minimum Gasteiger partial charge on any atom is -0.481 e. The quantitative estimate of drug-likeness (QED) is 0.797. The van der Waals surface area contributed by atoms with Crippen molar-refractivity contribution in [3.63, 3.8) is 0 Å². The van der Waals surface area contributed by atoms with E-state index in [0.717, 1.165) is 0 Å². The van der Waals surface area contributed by atoms with Gasteiger partial charge in [-0.15, -0.1) is 11.8 Å². The zero-order valence-corrected chi connectivity index (χ0v) is 9.70. The van der Waals surface area contributed by atoms with E-state index in [2.05, 4.69) is 30.4 Å². The van der Waals surface area contributed by atoms with Crippen LogP contribution in [0.1, 0.15) is 17.0 Å². The Balaban J connectivity index is 2.01. The first-order chi connectivity index (χ1) is 7.72. The van der Waals surface area contributed by atoms with Crippen LogP contribution in [-0.2, 0) is 4.79 Å². The van der Waals surface area contributed by atoms with Gasteiger partial charge in [-0.1, -0.05) is 18.2 Å². The van der Waals surface area contributed by atoms with E-state index in [1.54, 1.807) is 11.8 Å². The van der Waals surface area contributed by atoms with Gasteiger partial charge in [0.15, 0.2) is 0 Å². The van der Waals surface area contributed by atoms with E-state index in [0.29, 0.717) is 0 Å². The van der Waals surface area contributed by atoms with Crippen LogP contribution in [0.5, 0.6) is 0 Å². The third-order valence-electron chi connectivity index (χ3n) is 3.51. The van der Waals surface area contributed by atoms with Crippen LogP contribution in [0.4, 0.5) is 0 Å². The molecule has 0 amide bonds. The highest BCUT2D eigenvalue weighted by Crippen LogP contribution is 2.58. The van der Waals surface area contributed by atoms with Gasteiger partial charge in [0.05, 0.1) is 5.92 Å². The first-order valence-corrected chi connectivity index (χ1v) is 6.54. The fraction of sp³-hybridized carbons (Fsp3) is 0.308. The monoisotopic (exact) mass is 232 g/mol. The molecule has 3 atom stereocenters. The van der Waals surface area contributed by atoms with Crippen LogP contribution in [0.15, 0.2) is 29.2 Å². The minimum absolute atomic E-state index is 0.197. The molecule has 82 valence electrons. The smallest absolute Gasteiger partial charge is 0.307 e. The predicted molar refractivity (Wildman–Crippen MR) is 64.6 cm³/mol. The van der Waals surface area contributed by atoms with Crippen molar-refractivity contribution < 1.29 is 9.90 Å². The molecule has 0 aliphatic heterocycles. The Hall–Kier alpha value is -1.22. The molecule has 16 heavy (non-hydrogen) atoms. The number of hydrogen-bond donors (Lipinski definition) is 1. The molecule has 0 saturated heterocycles. The second-order valence-electron chi connectivity index (χ2n) is 4.32. The number of carbonyl (C=O) groups is 1. The molecule has 1 N–H and O–H groups in total. The topological polar surface area (TPSA) is 37.3 Å². The second-order valence-corrected chi connectivity index (χ2v) is 5.20. The van der Waals surface area contributed by atoms with Gasteiger partial charge in [-0.05, 0) is 35.4 Å². The maximum atomic E-state index is 11.0. The average molecular weight is 232 g/mol. The molecule has 1 fully saturated rings. The van der Waals surface area contributed by atoms with Crippen LogP contribution in [0.25, 0.3) is 6.08 Å². The number of benzene rings is 1. The number of carboxylic acid groups (broad SMARTS) is 1. The maximum absolute atomic E-state index is 11.0. The molecule has 1 saturated carbocycles. The molecule has 2 aliphatic rings. The maximum Gasteiger partial charge on any atom is 0.307 e. The van der Waals surface area contributed by atoms with Crippen molar-refractivity contribution in [3.05, 3.63) is 35.4 Å². The molecule has 0 aromatic heterocycles. The highest BCUT2D eigenvalue weighted by molar-refractivity contribution is 7.98. The summed E-state index contributed by atoms with van der Waals surface area (Å²) in [5.41, 5.74) is 2.40. The van der Waals surface area contributed by atoms with Crippen molar-refractivity contribution >= 4 is 23.8 Å². The van der Waals surface area contributed by atoms with Gasteiger partial charge in [0.1, 0.15) is 0 Å². The second kappa shape index (κ2) is 3.39. The third kappa shape index (κ3) is 1.31. The van der Waals surface area contributed by atoms with Crippen molar-refractivity contribution in [1.29, 1.82) is 0 Å². The Bertz CT molecular complexity index is 493. The SMILES string of the molecule is CSc1ccc2c(c1)C=C[C@@H]1[C@@H](C(=O)O)[C@H]21. The summed E-state index contributed by atoms with van der Waals surface area (Å²) in [6.45, 7) is 0. The summed E-state index contributed by atoms with van der Waals surface area (Å²) in [5, 5.41) is 9.07. The molecule has 1 aromatic rings. The normalized spacial score (nSPS) is 29.4. The van der Waals surface area contributed by atoms with Gasteiger partial charge in [0, 0.05) is 10.8 Å². The van der Waals surface area contributed by atoms with Gasteiger partial charge in [-0.3, -0.25) is 4.79 Å². The van der Waals surface area contributed by atoms with Crippen LogP contribution < -0.4 is 0 Å². The molecule has 1 aromatic carbocycles. The first-order valence-electron chi connectivity index (χ1n) is 5.31. The Kier molecular flexibility index (Phi) is 2.11. The number of carboxylic acids is 1. The van der Waals surface area contributed by atoms with Crippen molar-refractivity contribution in [2.75, 3.05) is 6.26 Å². The molecular weight excluding hydrogens is 220 g/mol. The highest BCUT2D eigenvalue weighted by Gasteiger charge is 2.55. The van der Waals surface area contributed by atoms with E-state index in [1.165, 1.54) is 16.0 Å². The van der Waals surface area contributed by atoms with E-state index < -0.39 is 5.97 Å². The Labute approximate surface area is 98.4 Å². The molecular formula is C13H12O2S. The Morgan fingerprint density at radius 1 is 1.44 bits per heavy atom. The Morgan fingerprint density at radius 3 is 2.94 bits per heavy atom. The van der Waals surface area contributed by atoms with Gasteiger partial charge in [0.25, 0.3) is 0 Å². The summed E-state index contributed by atoms with van der Waals surface area (Å²) in [4.78, 5) is 12.3. The lowest BCUT2D eigenvalue weighted by molar-refractivity contribution is -0.138. The molecule has 0 radical (unpaired) electrons. The predicted octanol–water partition coefficient (Wildman–Crippen LogP) is 2.85. The van der Waals surface area contributed by atoms with Crippen molar-refractivity contribution in [2.45, 2.75) is 10.8 Å². The van der Waals surface area contributed by atoms with Crippen molar-refractivity contribution in [2.24, 2.45) is 11.8 Å². The van der Waals surface area contributed by atoms with Crippen LogP contribution in [-0.4, -0.2) is 17.3 Å². The number of allylic oxidation sites excluding steroid dienone is 1. The lowest BCUT2D eigenvalue weighted by Crippen LogP contribution is -1.99. The number of rotatable bonds is 2. The van der Waals surface area contributed by atoms with Crippen LogP contribution >= 0.6 is 11.8 Å². The van der Waals surface area contributed by atoms with Gasteiger partial charge in [-0.25, -0.2) is 0 Å². The highest BCUT2D eigenvalue weighted by atomic mass is 32.2. The van der Waals surface area contributed by atoms with E-state index in [-0.39, 0.29) is 17.8 Å². The fourth-order valence-electron chi connectivity index (χ4n) is 2.64. The largest absolute Gasteiger partial charge is 0.481 e. The molecule has 0 unspecified atom stereocenters. The van der Waals surface area contributed by atoms with Gasteiger partial charge < -0.3 is 5.11 Å².